The van der Waals surface area contributed by atoms with Crippen molar-refractivity contribution in [3.8, 4) is 0 Å². The fourth-order valence-electron chi connectivity index (χ4n) is 4.14. The summed E-state index contributed by atoms with van der Waals surface area (Å²) in [6, 6.07) is 1.82. The van der Waals surface area contributed by atoms with Crippen LogP contribution in [0.5, 0.6) is 0 Å². The molecule has 0 bridgehead atoms. The molecule has 1 saturated heterocycles. The molecule has 0 radical (unpaired) electrons. The number of imidazole rings is 1. The summed E-state index contributed by atoms with van der Waals surface area (Å²) in [4.78, 5) is 27.9. The Bertz CT molecular complexity index is 739. The van der Waals surface area contributed by atoms with Crippen molar-refractivity contribution >= 4 is 11.9 Å². The largest absolute Gasteiger partial charge is 0.354 e. The van der Waals surface area contributed by atoms with Crippen LogP contribution < -0.4 is 10.2 Å². The lowest BCUT2D eigenvalue weighted by atomic mass is 9.62. The van der Waals surface area contributed by atoms with E-state index in [1.54, 1.807) is 18.6 Å². The molecule has 132 valence electrons. The van der Waals surface area contributed by atoms with E-state index < -0.39 is 0 Å². The lowest BCUT2D eigenvalue weighted by Gasteiger charge is -2.41. The summed E-state index contributed by atoms with van der Waals surface area (Å²) < 4.78 is 2.05. The maximum absolute atomic E-state index is 12.8. The monoisotopic (exact) mass is 340 g/mol. The number of nitrogens with one attached hydrogen (secondary N) is 1. The maximum atomic E-state index is 12.8. The van der Waals surface area contributed by atoms with Crippen LogP contribution in [0.1, 0.15) is 25.1 Å². The molecular weight excluding hydrogens is 316 g/mol. The molecule has 1 aliphatic carbocycles. The molecule has 2 aromatic heterocycles. The van der Waals surface area contributed by atoms with Crippen LogP contribution >= 0.6 is 0 Å². The Morgan fingerprint density at radius 3 is 2.72 bits per heavy atom. The maximum Gasteiger partial charge on any atom is 0.225 e. The van der Waals surface area contributed by atoms with Crippen LogP contribution in [0, 0.1) is 18.3 Å². The Labute approximate surface area is 147 Å². The van der Waals surface area contributed by atoms with E-state index in [0.717, 1.165) is 37.7 Å². The van der Waals surface area contributed by atoms with E-state index in [0.29, 0.717) is 13.1 Å². The highest BCUT2D eigenvalue weighted by Crippen LogP contribution is 2.52. The van der Waals surface area contributed by atoms with Crippen molar-refractivity contribution in [1.82, 2.24) is 24.8 Å². The molecule has 4 rings (SSSR count). The van der Waals surface area contributed by atoms with Gasteiger partial charge in [-0.2, -0.15) is 0 Å². The predicted molar refractivity (Wildman–Crippen MR) is 94.0 cm³/mol. The number of amides is 1. The fourth-order valence-corrected chi connectivity index (χ4v) is 4.14. The summed E-state index contributed by atoms with van der Waals surface area (Å²) in [5, 5.41) is 3.13. The van der Waals surface area contributed by atoms with Gasteiger partial charge in [-0.15, -0.1) is 0 Å². The van der Waals surface area contributed by atoms with Gasteiger partial charge in [-0.3, -0.25) is 4.79 Å². The van der Waals surface area contributed by atoms with Gasteiger partial charge in [0.25, 0.3) is 0 Å². The van der Waals surface area contributed by atoms with Gasteiger partial charge in [0.15, 0.2) is 0 Å². The van der Waals surface area contributed by atoms with Crippen LogP contribution in [0.15, 0.2) is 30.9 Å². The average molecular weight is 340 g/mol. The molecule has 1 aliphatic heterocycles. The highest BCUT2D eigenvalue weighted by atomic mass is 16.2. The van der Waals surface area contributed by atoms with Gasteiger partial charge < -0.3 is 14.8 Å². The first-order valence-corrected chi connectivity index (χ1v) is 8.95. The molecule has 2 aliphatic rings. The normalized spacial score (nSPS) is 21.3. The van der Waals surface area contributed by atoms with Crippen molar-refractivity contribution in [3.63, 3.8) is 0 Å². The summed E-state index contributed by atoms with van der Waals surface area (Å²) in [5.74, 6) is 1.89. The van der Waals surface area contributed by atoms with Crippen molar-refractivity contribution < 1.29 is 4.79 Å². The zero-order valence-electron chi connectivity index (χ0n) is 14.6. The van der Waals surface area contributed by atoms with Gasteiger partial charge in [0, 0.05) is 56.4 Å². The van der Waals surface area contributed by atoms with Crippen molar-refractivity contribution in [2.45, 2.75) is 32.7 Å². The van der Waals surface area contributed by atoms with Gasteiger partial charge in [0.2, 0.25) is 11.9 Å². The minimum Gasteiger partial charge on any atom is -0.354 e. The molecule has 3 heterocycles. The summed E-state index contributed by atoms with van der Waals surface area (Å²) in [7, 11) is 0. The molecule has 2 fully saturated rings. The van der Waals surface area contributed by atoms with E-state index in [4.69, 9.17) is 0 Å². The molecule has 7 heteroatoms. The molecule has 25 heavy (non-hydrogen) atoms. The van der Waals surface area contributed by atoms with Crippen molar-refractivity contribution in [2.75, 3.05) is 24.5 Å². The Balaban J connectivity index is 1.40. The van der Waals surface area contributed by atoms with Crippen LogP contribution in [0.3, 0.4) is 0 Å². The molecule has 1 saturated carbocycles. The smallest absolute Gasteiger partial charge is 0.225 e. The minimum atomic E-state index is 0.0222. The number of carbonyl (C=O) groups is 1. The predicted octanol–water partition coefficient (Wildman–Crippen LogP) is 1.40. The number of aromatic nitrogens is 4. The summed E-state index contributed by atoms with van der Waals surface area (Å²) in [6.45, 7) is 4.95. The van der Waals surface area contributed by atoms with Crippen LogP contribution in [0.4, 0.5) is 5.95 Å². The van der Waals surface area contributed by atoms with Crippen LogP contribution in [0.2, 0.25) is 0 Å². The third kappa shape index (κ3) is 2.99. The number of anilines is 1. The first kappa shape index (κ1) is 16.1. The van der Waals surface area contributed by atoms with E-state index in [2.05, 4.69) is 29.7 Å². The number of nitrogens with zero attached hydrogens (tertiary/aromatic N) is 5. The Hall–Kier alpha value is -2.44. The number of carbonyl (C=O) groups excluding carboxylic acids is 1. The highest BCUT2D eigenvalue weighted by molar-refractivity contribution is 5.81. The first-order chi connectivity index (χ1) is 12.2. The molecule has 1 N–H and O–H groups in total. The standard InChI is InChI=1S/C18H24N6O/c1-14-19-8-10-23(14)11-9-20-16(25)15-12-24(13-18(15)4-2-5-18)17-21-6-3-7-22-17/h3,6-8,10,15H,2,4-5,9,11-13H2,1H3,(H,20,25). The molecule has 1 unspecified atom stereocenters. The van der Waals surface area contributed by atoms with Crippen molar-refractivity contribution in [1.29, 1.82) is 0 Å². The molecule has 7 nitrogen and oxygen atoms in total. The molecule has 1 spiro atoms. The van der Waals surface area contributed by atoms with Gasteiger partial charge in [0.05, 0.1) is 5.92 Å². The highest BCUT2D eigenvalue weighted by Gasteiger charge is 2.53. The summed E-state index contributed by atoms with van der Waals surface area (Å²) in [6.07, 6.45) is 10.7. The van der Waals surface area contributed by atoms with Gasteiger partial charge in [0.1, 0.15) is 5.82 Å². The van der Waals surface area contributed by atoms with Crippen LogP contribution in [-0.2, 0) is 11.3 Å². The molecular formula is C18H24N6O. The number of hydrogen-bond donors (Lipinski definition) is 1. The second kappa shape index (κ2) is 6.46. The third-order valence-electron chi connectivity index (χ3n) is 5.72. The van der Waals surface area contributed by atoms with E-state index in [-0.39, 0.29) is 17.2 Å². The second-order valence-electron chi connectivity index (χ2n) is 7.16. The Kier molecular flexibility index (Phi) is 4.15. The van der Waals surface area contributed by atoms with Crippen LogP contribution in [0.25, 0.3) is 0 Å². The minimum absolute atomic E-state index is 0.0222. The van der Waals surface area contributed by atoms with Crippen LogP contribution in [-0.4, -0.2) is 45.1 Å². The average Bonchev–Trinajstić information content (AvgIpc) is 3.20. The lowest BCUT2D eigenvalue weighted by molar-refractivity contribution is -0.129. The molecule has 0 aromatic carbocycles. The fraction of sp³-hybridized carbons (Fsp3) is 0.556. The van der Waals surface area contributed by atoms with Gasteiger partial charge >= 0.3 is 0 Å². The van der Waals surface area contributed by atoms with Crippen molar-refractivity contribution in [3.05, 3.63) is 36.7 Å². The molecule has 2 aromatic rings. The number of aryl methyl sites for hydroxylation is 1. The molecule has 1 amide bonds. The second-order valence-corrected chi connectivity index (χ2v) is 7.16. The Morgan fingerprint density at radius 2 is 2.08 bits per heavy atom. The number of hydrogen-bond acceptors (Lipinski definition) is 5. The quantitative estimate of drug-likeness (QED) is 0.890. The lowest BCUT2D eigenvalue weighted by Crippen LogP contribution is -2.45. The number of rotatable bonds is 5. The summed E-state index contributed by atoms with van der Waals surface area (Å²) >= 11 is 0. The van der Waals surface area contributed by atoms with Gasteiger partial charge in [-0.05, 0) is 25.8 Å². The summed E-state index contributed by atoms with van der Waals surface area (Å²) in [5.41, 5.74) is 0.105. The van der Waals surface area contributed by atoms with E-state index >= 15 is 0 Å². The molecule has 1 atom stereocenters. The SMILES string of the molecule is Cc1nccn1CCNC(=O)C1CN(c2ncccn2)CC12CCC2. The Morgan fingerprint density at radius 1 is 1.28 bits per heavy atom. The van der Waals surface area contributed by atoms with E-state index in [9.17, 15) is 4.79 Å². The van der Waals surface area contributed by atoms with Gasteiger partial charge in [-0.25, -0.2) is 15.0 Å². The van der Waals surface area contributed by atoms with E-state index in [1.807, 2.05) is 19.2 Å². The van der Waals surface area contributed by atoms with Gasteiger partial charge in [-0.1, -0.05) is 6.42 Å². The van der Waals surface area contributed by atoms with Crippen molar-refractivity contribution in [2.24, 2.45) is 11.3 Å². The third-order valence-corrected chi connectivity index (χ3v) is 5.72. The van der Waals surface area contributed by atoms with E-state index in [1.165, 1.54) is 6.42 Å². The zero-order chi connectivity index (χ0) is 17.3. The first-order valence-electron chi connectivity index (χ1n) is 8.95. The zero-order valence-corrected chi connectivity index (χ0v) is 14.6. The topological polar surface area (TPSA) is 75.9 Å².